The lowest BCUT2D eigenvalue weighted by molar-refractivity contribution is -0.147. The molecule has 0 aromatic rings. The Kier molecular flexibility index (Phi) is 3.67. The standard InChI is InChI=1S/C9H13O2/c1-5-6-7-8(10)11-9(2,3)4/h1,5H2,2-4H3. The molecule has 0 aromatic heterocycles. The first-order valence-electron chi connectivity index (χ1n) is 3.47. The first-order chi connectivity index (χ1) is 4.95. The SMILES string of the molecule is [CH2]CC#CC(=O)OC(C)(C)C. The molecule has 0 aliphatic rings. The third kappa shape index (κ3) is 6.92. The van der Waals surface area contributed by atoms with Crippen LogP contribution in [0.25, 0.3) is 0 Å². The number of rotatable bonds is 0. The van der Waals surface area contributed by atoms with Crippen LogP contribution in [0.4, 0.5) is 0 Å². The second kappa shape index (κ2) is 4.02. The van der Waals surface area contributed by atoms with Crippen LogP contribution in [-0.4, -0.2) is 11.6 Å². The number of esters is 1. The summed E-state index contributed by atoms with van der Waals surface area (Å²) in [5, 5.41) is 0. The van der Waals surface area contributed by atoms with E-state index in [0.717, 1.165) is 0 Å². The van der Waals surface area contributed by atoms with Gasteiger partial charge in [-0.15, -0.1) is 0 Å². The van der Waals surface area contributed by atoms with Gasteiger partial charge in [0.2, 0.25) is 0 Å². The van der Waals surface area contributed by atoms with Crippen molar-refractivity contribution in [2.24, 2.45) is 0 Å². The molecule has 0 aromatic carbocycles. The Morgan fingerprint density at radius 2 is 2.09 bits per heavy atom. The quantitative estimate of drug-likeness (QED) is 0.300. The second-order valence-corrected chi connectivity index (χ2v) is 3.05. The maximum absolute atomic E-state index is 10.8. The van der Waals surface area contributed by atoms with Gasteiger partial charge in [0, 0.05) is 12.3 Å². The average Bonchev–Trinajstić information content (AvgIpc) is 1.79. The minimum atomic E-state index is -0.485. The molecule has 0 amide bonds. The van der Waals surface area contributed by atoms with E-state index < -0.39 is 11.6 Å². The van der Waals surface area contributed by atoms with Crippen LogP contribution in [0.2, 0.25) is 0 Å². The van der Waals surface area contributed by atoms with Gasteiger partial charge in [0.1, 0.15) is 5.60 Å². The fraction of sp³-hybridized carbons (Fsp3) is 0.556. The number of hydrogen-bond acceptors (Lipinski definition) is 2. The molecule has 0 aliphatic heterocycles. The van der Waals surface area contributed by atoms with E-state index in [1.807, 2.05) is 0 Å². The summed E-state index contributed by atoms with van der Waals surface area (Å²) in [7, 11) is 0. The normalized spacial score (nSPS) is 9.82. The second-order valence-electron chi connectivity index (χ2n) is 3.05. The van der Waals surface area contributed by atoms with Gasteiger partial charge in [0.15, 0.2) is 0 Å². The Hall–Kier alpha value is -0.970. The molecule has 1 radical (unpaired) electrons. The van der Waals surface area contributed by atoms with Crippen LogP contribution in [0.5, 0.6) is 0 Å². The highest BCUT2D eigenvalue weighted by atomic mass is 16.6. The first kappa shape index (κ1) is 10.0. The highest BCUT2D eigenvalue weighted by Crippen LogP contribution is 2.05. The zero-order valence-corrected chi connectivity index (χ0v) is 7.23. The Labute approximate surface area is 67.9 Å². The molecular formula is C9H13O2. The fourth-order valence-corrected chi connectivity index (χ4v) is 0.438. The molecule has 2 heteroatoms. The van der Waals surface area contributed by atoms with E-state index in [2.05, 4.69) is 18.8 Å². The Morgan fingerprint density at radius 3 is 2.45 bits per heavy atom. The molecule has 0 N–H and O–H groups in total. The van der Waals surface area contributed by atoms with Gasteiger partial charge in [-0.05, 0) is 27.7 Å². The predicted octanol–water partition coefficient (Wildman–Crippen LogP) is 1.56. The Morgan fingerprint density at radius 1 is 1.55 bits per heavy atom. The van der Waals surface area contributed by atoms with Gasteiger partial charge in [0.05, 0.1) is 0 Å². The summed E-state index contributed by atoms with van der Waals surface area (Å²) in [5.74, 6) is 4.37. The van der Waals surface area contributed by atoms with Crippen LogP contribution < -0.4 is 0 Å². The maximum Gasteiger partial charge on any atom is 0.384 e. The van der Waals surface area contributed by atoms with E-state index in [4.69, 9.17) is 4.74 Å². The number of ether oxygens (including phenoxy) is 1. The van der Waals surface area contributed by atoms with Crippen LogP contribution >= 0.6 is 0 Å². The molecule has 11 heavy (non-hydrogen) atoms. The van der Waals surface area contributed by atoms with Crippen molar-refractivity contribution in [3.63, 3.8) is 0 Å². The molecule has 0 rings (SSSR count). The molecule has 0 unspecified atom stereocenters. The largest absolute Gasteiger partial charge is 0.450 e. The number of hydrogen-bond donors (Lipinski definition) is 0. The van der Waals surface area contributed by atoms with Gasteiger partial charge in [-0.3, -0.25) is 0 Å². The van der Waals surface area contributed by atoms with Crippen molar-refractivity contribution < 1.29 is 9.53 Å². The van der Waals surface area contributed by atoms with Crippen LogP contribution in [0.3, 0.4) is 0 Å². The lowest BCUT2D eigenvalue weighted by Crippen LogP contribution is -2.22. The van der Waals surface area contributed by atoms with Crippen molar-refractivity contribution in [2.45, 2.75) is 32.8 Å². The van der Waals surface area contributed by atoms with Crippen molar-refractivity contribution >= 4 is 5.97 Å². The van der Waals surface area contributed by atoms with Gasteiger partial charge < -0.3 is 4.74 Å². The molecule has 0 atom stereocenters. The van der Waals surface area contributed by atoms with Crippen molar-refractivity contribution in [3.8, 4) is 11.8 Å². The van der Waals surface area contributed by atoms with Crippen molar-refractivity contribution in [1.29, 1.82) is 0 Å². The highest BCUT2D eigenvalue weighted by molar-refractivity contribution is 5.88. The molecule has 61 valence electrons. The smallest absolute Gasteiger partial charge is 0.384 e. The molecule has 2 nitrogen and oxygen atoms in total. The Bertz CT molecular complexity index is 188. The summed E-state index contributed by atoms with van der Waals surface area (Å²) in [6, 6.07) is 0. The molecule has 0 heterocycles. The molecular weight excluding hydrogens is 140 g/mol. The summed E-state index contributed by atoms with van der Waals surface area (Å²) in [6.45, 7) is 8.88. The molecule has 0 spiro atoms. The van der Waals surface area contributed by atoms with Crippen molar-refractivity contribution in [1.82, 2.24) is 0 Å². The number of carbonyl (C=O) groups excluding carboxylic acids is 1. The fourth-order valence-electron chi connectivity index (χ4n) is 0.438. The molecule has 0 saturated carbocycles. The minimum absolute atomic E-state index is 0.430. The van der Waals surface area contributed by atoms with E-state index in [9.17, 15) is 4.79 Å². The Balaban J connectivity index is 3.89. The number of carbonyl (C=O) groups is 1. The molecule has 0 bridgehead atoms. The van der Waals surface area contributed by atoms with Crippen LogP contribution in [0, 0.1) is 18.8 Å². The topological polar surface area (TPSA) is 26.3 Å². The van der Waals surface area contributed by atoms with Gasteiger partial charge in [-0.25, -0.2) is 4.79 Å². The maximum atomic E-state index is 10.8. The van der Waals surface area contributed by atoms with Crippen LogP contribution in [0.1, 0.15) is 27.2 Å². The van der Waals surface area contributed by atoms with E-state index in [1.54, 1.807) is 20.8 Å². The van der Waals surface area contributed by atoms with E-state index >= 15 is 0 Å². The van der Waals surface area contributed by atoms with E-state index in [0.29, 0.717) is 6.42 Å². The van der Waals surface area contributed by atoms with Gasteiger partial charge in [-0.1, -0.05) is 5.92 Å². The van der Waals surface area contributed by atoms with E-state index in [-0.39, 0.29) is 0 Å². The third-order valence-corrected chi connectivity index (χ3v) is 0.714. The predicted molar refractivity (Wildman–Crippen MR) is 43.6 cm³/mol. The van der Waals surface area contributed by atoms with Crippen molar-refractivity contribution in [3.05, 3.63) is 6.92 Å². The summed E-state index contributed by atoms with van der Waals surface area (Å²) in [4.78, 5) is 10.8. The minimum Gasteiger partial charge on any atom is -0.450 e. The average molecular weight is 153 g/mol. The molecule has 0 fully saturated rings. The first-order valence-corrected chi connectivity index (χ1v) is 3.47. The summed E-state index contributed by atoms with van der Waals surface area (Å²) in [5.41, 5.74) is -0.451. The van der Waals surface area contributed by atoms with Gasteiger partial charge in [-0.2, -0.15) is 0 Å². The zero-order valence-electron chi connectivity index (χ0n) is 7.23. The highest BCUT2D eigenvalue weighted by Gasteiger charge is 2.13. The summed E-state index contributed by atoms with van der Waals surface area (Å²) < 4.78 is 4.90. The zero-order chi connectivity index (χ0) is 8.91. The van der Waals surface area contributed by atoms with Crippen molar-refractivity contribution in [2.75, 3.05) is 0 Å². The monoisotopic (exact) mass is 153 g/mol. The molecule has 0 aliphatic carbocycles. The van der Waals surface area contributed by atoms with E-state index in [1.165, 1.54) is 0 Å². The lowest BCUT2D eigenvalue weighted by Gasteiger charge is -2.16. The third-order valence-electron chi connectivity index (χ3n) is 0.714. The molecule has 0 saturated heterocycles. The summed E-state index contributed by atoms with van der Waals surface area (Å²) in [6.07, 6.45) is 0.430. The lowest BCUT2D eigenvalue weighted by atomic mass is 10.2. The van der Waals surface area contributed by atoms with Gasteiger partial charge >= 0.3 is 5.97 Å². The van der Waals surface area contributed by atoms with Gasteiger partial charge in [0.25, 0.3) is 0 Å². The van der Waals surface area contributed by atoms with Crippen LogP contribution in [-0.2, 0) is 9.53 Å². The summed E-state index contributed by atoms with van der Waals surface area (Å²) >= 11 is 0. The van der Waals surface area contributed by atoms with Crippen LogP contribution in [0.15, 0.2) is 0 Å².